The molecule has 0 spiro atoms. The molecule has 21 atom stereocenters. The van der Waals surface area contributed by atoms with E-state index in [-0.39, 0.29) is 11.5 Å². The van der Waals surface area contributed by atoms with Gasteiger partial charge in [0, 0.05) is 11.5 Å². The average Bonchev–Trinajstić information content (AvgIpc) is 3.28. The highest BCUT2D eigenvalue weighted by Gasteiger charge is 2.54. The molecule has 366 valence electrons. The fraction of sp³-hybridized carbons (Fsp3) is 0.810. The minimum Gasteiger partial charge on any atom is -0.462 e. The quantitative estimate of drug-likeness (QED) is 0.0518. The van der Waals surface area contributed by atoms with Crippen LogP contribution in [0.5, 0.6) is 11.5 Å². The molecule has 1 aromatic carbocycles. The van der Waals surface area contributed by atoms with Gasteiger partial charge in [-0.1, -0.05) is 31.4 Å². The van der Waals surface area contributed by atoms with E-state index in [1.165, 1.54) is 0 Å². The van der Waals surface area contributed by atoms with Crippen LogP contribution in [0.2, 0.25) is 0 Å². The maximum Gasteiger partial charge on any atom is 0.229 e. The second kappa shape index (κ2) is 22.7. The second-order valence-corrected chi connectivity index (χ2v) is 17.2. The minimum atomic E-state index is -2.03. The third-order valence-electron chi connectivity index (χ3n) is 12.6. The number of hydrogen-bond donors (Lipinski definition) is 14. The molecule has 5 aliphatic rings. The Morgan fingerprint density at radius 2 is 0.953 bits per heavy atom. The molecule has 4 fully saturated rings. The lowest BCUT2D eigenvalue weighted by Gasteiger charge is -2.48. The normalized spacial score (nSPS) is 43.1. The molecular formula is C42H66O22. The van der Waals surface area contributed by atoms with Gasteiger partial charge in [-0.3, -0.25) is 0 Å². The lowest BCUT2D eigenvalue weighted by molar-refractivity contribution is -0.378. The van der Waals surface area contributed by atoms with Gasteiger partial charge in [-0.15, -0.1) is 0 Å². The van der Waals surface area contributed by atoms with Crippen LogP contribution in [-0.4, -0.2) is 221 Å². The molecule has 0 amide bonds. The van der Waals surface area contributed by atoms with E-state index in [1.54, 1.807) is 12.1 Å². The molecule has 0 radical (unpaired) electrons. The molecule has 0 unspecified atom stereocenters. The monoisotopic (exact) mass is 922 g/mol. The van der Waals surface area contributed by atoms with Gasteiger partial charge in [0.25, 0.3) is 0 Å². The Balaban J connectivity index is 1.32. The summed E-state index contributed by atoms with van der Waals surface area (Å²) in [4.78, 5) is 0. The lowest BCUT2D eigenvalue weighted by Crippen LogP contribution is -2.67. The Kier molecular flexibility index (Phi) is 18.1. The van der Waals surface area contributed by atoms with E-state index < -0.39 is 155 Å². The molecule has 22 nitrogen and oxygen atoms in total. The van der Waals surface area contributed by atoms with Gasteiger partial charge in [0.2, 0.25) is 12.6 Å². The molecule has 4 saturated heterocycles. The molecule has 1 aromatic rings. The summed E-state index contributed by atoms with van der Waals surface area (Å²) in [5, 5.41) is 149. The van der Waals surface area contributed by atoms with Crippen LogP contribution in [0.25, 0.3) is 0 Å². The van der Waals surface area contributed by atoms with Crippen LogP contribution in [0.15, 0.2) is 23.8 Å². The molecule has 4 aliphatic heterocycles. The molecule has 4 heterocycles. The van der Waals surface area contributed by atoms with Crippen molar-refractivity contribution in [2.45, 2.75) is 188 Å². The van der Waals surface area contributed by atoms with Crippen molar-refractivity contribution in [3.05, 3.63) is 34.9 Å². The highest BCUT2D eigenvalue weighted by atomic mass is 16.8. The van der Waals surface area contributed by atoms with Crippen LogP contribution in [0.4, 0.5) is 0 Å². The van der Waals surface area contributed by atoms with Crippen molar-refractivity contribution >= 4 is 0 Å². The number of aliphatic hydroxyl groups is 14. The van der Waals surface area contributed by atoms with Crippen molar-refractivity contribution in [1.29, 1.82) is 0 Å². The third-order valence-corrected chi connectivity index (χ3v) is 12.6. The number of aryl methyl sites for hydroxylation is 1. The highest BCUT2D eigenvalue weighted by Crippen LogP contribution is 2.45. The number of hydrogen-bond acceptors (Lipinski definition) is 22. The molecule has 6 rings (SSSR count). The van der Waals surface area contributed by atoms with Crippen molar-refractivity contribution in [1.82, 2.24) is 0 Å². The third kappa shape index (κ3) is 11.0. The molecule has 0 saturated carbocycles. The fourth-order valence-electron chi connectivity index (χ4n) is 8.82. The van der Waals surface area contributed by atoms with E-state index in [4.69, 9.17) is 37.9 Å². The predicted molar refractivity (Wildman–Crippen MR) is 214 cm³/mol. The zero-order chi connectivity index (χ0) is 46.6. The first kappa shape index (κ1) is 51.2. The molecule has 64 heavy (non-hydrogen) atoms. The van der Waals surface area contributed by atoms with E-state index in [0.717, 1.165) is 37.7 Å². The zero-order valence-corrected chi connectivity index (χ0v) is 35.7. The second-order valence-electron chi connectivity index (χ2n) is 17.2. The number of allylic oxidation sites excluding steroid dienone is 2. The summed E-state index contributed by atoms with van der Waals surface area (Å²) in [6.45, 7) is 0.773. The molecule has 1 aliphatic carbocycles. The Bertz CT molecular complexity index is 1650. The Morgan fingerprint density at radius 1 is 0.531 bits per heavy atom. The van der Waals surface area contributed by atoms with Crippen LogP contribution in [0, 0.1) is 0 Å². The predicted octanol–water partition coefficient (Wildman–Crippen LogP) is -4.36. The highest BCUT2D eigenvalue weighted by molar-refractivity contribution is 5.52. The summed E-state index contributed by atoms with van der Waals surface area (Å²) < 4.78 is 47.2. The van der Waals surface area contributed by atoms with Gasteiger partial charge in [-0.25, -0.2) is 0 Å². The topological polar surface area (TPSA) is 357 Å². The SMILES string of the molecule is CCCCCc1cc(O[C@H]2O[C@@H](CO)[C@H](O)[C@@H](O)[C@@H]2O)c([C@@H]2C=C(C)CCC2)c(O[C@@H]2O[C@H](CO)[C@@H](O)[C@H](O[C@@H]3O[C@H](CO)[C@@H](O)[C@H](O[C@@H]4O[C@H](CO)[C@@H](O)[C@H](O)[C@H]4O)[C@H]3O)[C@H]2O)c1. The van der Waals surface area contributed by atoms with E-state index in [1.807, 2.05) is 19.9 Å². The van der Waals surface area contributed by atoms with Gasteiger partial charge >= 0.3 is 0 Å². The summed E-state index contributed by atoms with van der Waals surface area (Å²) >= 11 is 0. The summed E-state index contributed by atoms with van der Waals surface area (Å²) in [5.74, 6) is -0.127. The molecule has 14 N–H and O–H groups in total. The van der Waals surface area contributed by atoms with Gasteiger partial charge in [0.15, 0.2) is 12.6 Å². The van der Waals surface area contributed by atoms with Gasteiger partial charge in [0.05, 0.1) is 26.4 Å². The first-order chi connectivity index (χ1) is 30.6. The number of unbranched alkanes of at least 4 members (excludes halogenated alkanes) is 2. The zero-order valence-electron chi connectivity index (χ0n) is 35.7. The van der Waals surface area contributed by atoms with Gasteiger partial charge in [-0.05, 0) is 56.7 Å². The van der Waals surface area contributed by atoms with Gasteiger partial charge in [0.1, 0.15) is 109 Å². The van der Waals surface area contributed by atoms with Crippen molar-refractivity contribution in [2.75, 3.05) is 26.4 Å². The van der Waals surface area contributed by atoms with Crippen LogP contribution >= 0.6 is 0 Å². The number of ether oxygens (including phenoxy) is 8. The summed E-state index contributed by atoms with van der Waals surface area (Å²) in [5.41, 5.74) is 2.14. The summed E-state index contributed by atoms with van der Waals surface area (Å²) in [7, 11) is 0. The number of benzene rings is 1. The van der Waals surface area contributed by atoms with E-state index in [9.17, 15) is 71.5 Å². The maximum absolute atomic E-state index is 11.9. The van der Waals surface area contributed by atoms with E-state index >= 15 is 0 Å². The van der Waals surface area contributed by atoms with Crippen molar-refractivity contribution < 1.29 is 109 Å². The molecule has 0 bridgehead atoms. The van der Waals surface area contributed by atoms with Crippen molar-refractivity contribution in [2.24, 2.45) is 0 Å². The van der Waals surface area contributed by atoms with Gasteiger partial charge < -0.3 is 109 Å². The number of aliphatic hydroxyl groups excluding tert-OH is 14. The minimum absolute atomic E-state index is 0.117. The van der Waals surface area contributed by atoms with Crippen molar-refractivity contribution in [3.63, 3.8) is 0 Å². The summed E-state index contributed by atoms with van der Waals surface area (Å²) in [6.07, 6.45) is -27.6. The van der Waals surface area contributed by atoms with Crippen LogP contribution in [0.1, 0.15) is 69.4 Å². The van der Waals surface area contributed by atoms with Crippen LogP contribution < -0.4 is 9.47 Å². The smallest absolute Gasteiger partial charge is 0.229 e. The fourth-order valence-corrected chi connectivity index (χ4v) is 8.82. The largest absolute Gasteiger partial charge is 0.462 e. The van der Waals surface area contributed by atoms with E-state index in [0.29, 0.717) is 24.0 Å². The first-order valence-corrected chi connectivity index (χ1v) is 21.9. The Hall–Kier alpha value is -2.24. The van der Waals surface area contributed by atoms with Crippen LogP contribution in [-0.2, 0) is 34.8 Å². The first-order valence-electron chi connectivity index (χ1n) is 21.9. The van der Waals surface area contributed by atoms with Gasteiger partial charge in [-0.2, -0.15) is 0 Å². The lowest BCUT2D eigenvalue weighted by atomic mass is 9.84. The molecule has 22 heteroatoms. The van der Waals surface area contributed by atoms with Crippen LogP contribution in [0.3, 0.4) is 0 Å². The average molecular weight is 923 g/mol. The Morgan fingerprint density at radius 3 is 1.42 bits per heavy atom. The maximum atomic E-state index is 11.9. The van der Waals surface area contributed by atoms with Crippen molar-refractivity contribution in [3.8, 4) is 11.5 Å². The summed E-state index contributed by atoms with van der Waals surface area (Å²) in [6, 6.07) is 3.45. The molecule has 0 aromatic heterocycles. The number of rotatable bonds is 17. The Labute approximate surface area is 369 Å². The standard InChI is InChI=1S/C42H66O22/c1-3-4-5-8-18-11-20(57-39-33(53)31(51)27(47)22(13-43)59-39)26(19-9-6-7-17(2)10-19)21(12-18)58-41-35(55)37(29(49)24(15-45)61-41)64-42-36(56)38(30(50)25(16-46)62-42)63-40-34(54)32(52)28(48)23(14-44)60-40/h10-12,19,22-25,27-56H,3-9,13-16H2,1-2H3/t19-,22-,23+,24+,25+,27-,28+,29+,30+,31+,32-,33-,34+,35+,36+,37-,38-,39-,40-,41+,42-/m0/s1. The van der Waals surface area contributed by atoms with E-state index in [2.05, 4.69) is 0 Å². The molecular weight excluding hydrogens is 856 g/mol.